The maximum Gasteiger partial charge on any atom is 0.407 e. The molecule has 0 saturated carbocycles. The largest absolute Gasteiger partial charge is 0.465 e. The number of ether oxygens (including phenoxy) is 1. The van der Waals surface area contributed by atoms with Gasteiger partial charge in [0.15, 0.2) is 0 Å². The monoisotopic (exact) mass is 354 g/mol. The Balaban J connectivity index is 1.80. The zero-order valence-electron chi connectivity index (χ0n) is 15.1. The minimum Gasteiger partial charge on any atom is -0.465 e. The van der Waals surface area contributed by atoms with Crippen LogP contribution in [0.1, 0.15) is 17.5 Å². The number of likely N-dealkylation sites (tertiary alicyclic amines) is 1. The highest BCUT2D eigenvalue weighted by atomic mass is 16.5. The third kappa shape index (κ3) is 4.62. The van der Waals surface area contributed by atoms with E-state index in [9.17, 15) is 9.90 Å². The molecule has 1 saturated heterocycles. The second-order valence-electron chi connectivity index (χ2n) is 6.73. The van der Waals surface area contributed by atoms with Gasteiger partial charge in [0.25, 0.3) is 0 Å². The van der Waals surface area contributed by atoms with Gasteiger partial charge in [-0.05, 0) is 17.5 Å². The van der Waals surface area contributed by atoms with E-state index in [0.29, 0.717) is 13.1 Å². The number of carbonyl (C=O) groups is 1. The van der Waals surface area contributed by atoms with Crippen molar-refractivity contribution < 1.29 is 14.6 Å². The summed E-state index contributed by atoms with van der Waals surface area (Å²) in [5.74, 6) is 0. The van der Waals surface area contributed by atoms with Crippen LogP contribution in [-0.4, -0.2) is 53.3 Å². The highest BCUT2D eigenvalue weighted by Gasteiger charge is 2.35. The molecule has 2 atom stereocenters. The van der Waals surface area contributed by atoms with Gasteiger partial charge in [0.2, 0.25) is 0 Å². The third-order valence-corrected chi connectivity index (χ3v) is 5.02. The summed E-state index contributed by atoms with van der Waals surface area (Å²) in [7, 11) is 1.67. The molecule has 5 nitrogen and oxygen atoms in total. The topological polar surface area (TPSA) is 53.0 Å². The standard InChI is InChI=1S/C21H26N2O3/c1-26-20-16-22(21(24)25)13-12-19(20)23(14-17-8-4-2-5-9-17)15-18-10-6-3-7-11-18/h2-11,19-20H,12-16H2,1H3,(H,24,25)/t19-,20+/m1/s1. The molecule has 1 fully saturated rings. The van der Waals surface area contributed by atoms with Crippen LogP contribution in [0, 0.1) is 0 Å². The molecule has 0 bridgehead atoms. The lowest BCUT2D eigenvalue weighted by Crippen LogP contribution is -2.55. The number of hydrogen-bond acceptors (Lipinski definition) is 3. The van der Waals surface area contributed by atoms with E-state index in [1.165, 1.54) is 16.0 Å². The number of carboxylic acid groups (broad SMARTS) is 1. The van der Waals surface area contributed by atoms with Gasteiger partial charge >= 0.3 is 6.09 Å². The Morgan fingerprint density at radius 2 is 1.62 bits per heavy atom. The molecule has 0 unspecified atom stereocenters. The van der Waals surface area contributed by atoms with Crippen LogP contribution in [0.25, 0.3) is 0 Å². The lowest BCUT2D eigenvalue weighted by Gasteiger charge is -2.42. The zero-order chi connectivity index (χ0) is 18.4. The molecule has 1 aliphatic heterocycles. The maximum atomic E-state index is 11.3. The van der Waals surface area contributed by atoms with E-state index >= 15 is 0 Å². The normalized spacial score (nSPS) is 20.3. The number of amides is 1. The molecule has 0 radical (unpaired) electrons. The van der Waals surface area contributed by atoms with Crippen molar-refractivity contribution in [3.63, 3.8) is 0 Å². The van der Waals surface area contributed by atoms with Crippen molar-refractivity contribution in [1.29, 1.82) is 0 Å². The van der Waals surface area contributed by atoms with Crippen molar-refractivity contribution in [2.75, 3.05) is 20.2 Å². The fraction of sp³-hybridized carbons (Fsp3) is 0.381. The first-order chi connectivity index (χ1) is 12.7. The van der Waals surface area contributed by atoms with Gasteiger partial charge in [-0.2, -0.15) is 0 Å². The number of benzene rings is 2. The Morgan fingerprint density at radius 3 is 2.08 bits per heavy atom. The Morgan fingerprint density at radius 1 is 1.08 bits per heavy atom. The van der Waals surface area contributed by atoms with E-state index in [4.69, 9.17) is 4.74 Å². The first-order valence-corrected chi connectivity index (χ1v) is 9.00. The van der Waals surface area contributed by atoms with Crippen LogP contribution >= 0.6 is 0 Å². The van der Waals surface area contributed by atoms with Crippen molar-refractivity contribution >= 4 is 6.09 Å². The van der Waals surface area contributed by atoms with E-state index < -0.39 is 6.09 Å². The lowest BCUT2D eigenvalue weighted by molar-refractivity contribution is -0.0385. The summed E-state index contributed by atoms with van der Waals surface area (Å²) in [5, 5.41) is 9.30. The number of nitrogens with zero attached hydrogens (tertiary/aromatic N) is 2. The van der Waals surface area contributed by atoms with Crippen LogP contribution in [0.5, 0.6) is 0 Å². The highest BCUT2D eigenvalue weighted by Crippen LogP contribution is 2.23. The average molecular weight is 354 g/mol. The zero-order valence-corrected chi connectivity index (χ0v) is 15.1. The number of piperidine rings is 1. The summed E-state index contributed by atoms with van der Waals surface area (Å²) >= 11 is 0. The van der Waals surface area contributed by atoms with Crippen LogP contribution in [0.15, 0.2) is 60.7 Å². The van der Waals surface area contributed by atoms with Crippen molar-refractivity contribution in [1.82, 2.24) is 9.80 Å². The minimum absolute atomic E-state index is 0.132. The summed E-state index contributed by atoms with van der Waals surface area (Å²) in [4.78, 5) is 15.2. The van der Waals surface area contributed by atoms with Crippen LogP contribution in [0.3, 0.4) is 0 Å². The van der Waals surface area contributed by atoms with Crippen molar-refractivity contribution in [3.8, 4) is 0 Å². The molecule has 138 valence electrons. The Bertz CT molecular complexity index is 651. The Kier molecular flexibility index (Phi) is 6.26. The molecule has 1 heterocycles. The van der Waals surface area contributed by atoms with Crippen LogP contribution in [0.4, 0.5) is 4.79 Å². The fourth-order valence-electron chi connectivity index (χ4n) is 3.65. The van der Waals surface area contributed by atoms with Crippen molar-refractivity contribution in [2.45, 2.75) is 31.7 Å². The smallest absolute Gasteiger partial charge is 0.407 e. The average Bonchev–Trinajstić information content (AvgIpc) is 2.68. The summed E-state index contributed by atoms with van der Waals surface area (Å²) in [6.07, 6.45) is -0.236. The van der Waals surface area contributed by atoms with Crippen molar-refractivity contribution in [3.05, 3.63) is 71.8 Å². The summed E-state index contributed by atoms with van der Waals surface area (Å²) in [5.41, 5.74) is 2.50. The van der Waals surface area contributed by atoms with E-state index in [1.807, 2.05) is 12.1 Å². The molecule has 2 aromatic rings. The van der Waals surface area contributed by atoms with E-state index in [-0.39, 0.29) is 12.1 Å². The fourth-order valence-corrected chi connectivity index (χ4v) is 3.65. The van der Waals surface area contributed by atoms with E-state index in [0.717, 1.165) is 19.5 Å². The molecule has 1 aliphatic rings. The third-order valence-electron chi connectivity index (χ3n) is 5.02. The van der Waals surface area contributed by atoms with Gasteiger partial charge < -0.3 is 14.7 Å². The Labute approximate surface area is 154 Å². The van der Waals surface area contributed by atoms with Gasteiger partial charge in [-0.1, -0.05) is 60.7 Å². The number of methoxy groups -OCH3 is 1. The van der Waals surface area contributed by atoms with Crippen LogP contribution < -0.4 is 0 Å². The predicted molar refractivity (Wildman–Crippen MR) is 101 cm³/mol. The summed E-state index contributed by atoms with van der Waals surface area (Å²) < 4.78 is 5.69. The van der Waals surface area contributed by atoms with Gasteiger partial charge in [-0.15, -0.1) is 0 Å². The van der Waals surface area contributed by atoms with Gasteiger partial charge in [0.05, 0.1) is 12.6 Å². The molecular formula is C21H26N2O3. The number of rotatable bonds is 6. The van der Waals surface area contributed by atoms with Gasteiger partial charge in [0, 0.05) is 32.8 Å². The minimum atomic E-state index is -0.872. The Hall–Kier alpha value is -2.37. The molecule has 0 aromatic heterocycles. The summed E-state index contributed by atoms with van der Waals surface area (Å²) in [6, 6.07) is 21.0. The second-order valence-corrected chi connectivity index (χ2v) is 6.73. The molecule has 5 heteroatoms. The van der Waals surface area contributed by atoms with E-state index in [2.05, 4.69) is 53.4 Å². The van der Waals surface area contributed by atoms with Crippen molar-refractivity contribution in [2.24, 2.45) is 0 Å². The number of hydrogen-bond donors (Lipinski definition) is 1. The van der Waals surface area contributed by atoms with Gasteiger partial charge in [0.1, 0.15) is 0 Å². The molecule has 0 spiro atoms. The van der Waals surface area contributed by atoms with Crippen LogP contribution in [-0.2, 0) is 17.8 Å². The van der Waals surface area contributed by atoms with Gasteiger partial charge in [-0.25, -0.2) is 4.79 Å². The molecular weight excluding hydrogens is 328 g/mol. The summed E-state index contributed by atoms with van der Waals surface area (Å²) in [6.45, 7) is 2.58. The predicted octanol–water partition coefficient (Wildman–Crippen LogP) is 3.46. The molecule has 26 heavy (non-hydrogen) atoms. The molecule has 1 amide bonds. The van der Waals surface area contributed by atoms with Crippen LogP contribution in [0.2, 0.25) is 0 Å². The van der Waals surface area contributed by atoms with Gasteiger partial charge in [-0.3, -0.25) is 4.90 Å². The highest BCUT2D eigenvalue weighted by molar-refractivity contribution is 5.65. The lowest BCUT2D eigenvalue weighted by atomic mass is 9.98. The quantitative estimate of drug-likeness (QED) is 0.863. The first kappa shape index (κ1) is 18.4. The maximum absolute atomic E-state index is 11.3. The molecule has 1 N–H and O–H groups in total. The molecule has 0 aliphatic carbocycles. The molecule has 2 aromatic carbocycles. The molecule has 3 rings (SSSR count). The van der Waals surface area contributed by atoms with E-state index in [1.54, 1.807) is 7.11 Å². The first-order valence-electron chi connectivity index (χ1n) is 9.00. The SMILES string of the molecule is CO[C@H]1CN(C(=O)O)CC[C@H]1N(Cc1ccccc1)Cc1ccccc1. The second kappa shape index (κ2) is 8.83.